The van der Waals surface area contributed by atoms with E-state index in [0.29, 0.717) is 5.76 Å². The first kappa shape index (κ1) is 15.1. The summed E-state index contributed by atoms with van der Waals surface area (Å²) in [7, 11) is 0. The molecule has 1 aromatic heterocycles. The van der Waals surface area contributed by atoms with Crippen LogP contribution in [0.1, 0.15) is 41.4 Å². The standard InChI is InChI=1S/C18H24N2O2/c1-4-7-20(15-5-6-19-11-15)18(21)17-10-14-8-12(2)13(3)9-16(14)22-17/h8-10,15,19H,4-7,11H2,1-3H3. The number of nitrogens with zero attached hydrogens (tertiary/aromatic N) is 1. The number of aryl methyl sites for hydroxylation is 2. The highest BCUT2D eigenvalue weighted by Crippen LogP contribution is 2.25. The zero-order valence-electron chi connectivity index (χ0n) is 13.6. The van der Waals surface area contributed by atoms with Crippen molar-refractivity contribution in [3.63, 3.8) is 0 Å². The van der Waals surface area contributed by atoms with Crippen LogP contribution >= 0.6 is 0 Å². The minimum atomic E-state index is 0.0158. The van der Waals surface area contributed by atoms with Crippen LogP contribution < -0.4 is 5.32 Å². The molecule has 0 bridgehead atoms. The van der Waals surface area contributed by atoms with Crippen LogP contribution in [0.5, 0.6) is 0 Å². The molecule has 2 aromatic rings. The largest absolute Gasteiger partial charge is 0.451 e. The summed E-state index contributed by atoms with van der Waals surface area (Å²) in [6.07, 6.45) is 1.98. The molecule has 1 N–H and O–H groups in total. The molecule has 4 nitrogen and oxygen atoms in total. The van der Waals surface area contributed by atoms with E-state index in [1.54, 1.807) is 0 Å². The van der Waals surface area contributed by atoms with E-state index in [2.05, 4.69) is 32.2 Å². The summed E-state index contributed by atoms with van der Waals surface area (Å²) >= 11 is 0. The number of rotatable bonds is 4. The molecule has 1 aromatic carbocycles. The van der Waals surface area contributed by atoms with E-state index >= 15 is 0 Å². The van der Waals surface area contributed by atoms with Crippen molar-refractivity contribution >= 4 is 16.9 Å². The molecule has 1 unspecified atom stereocenters. The molecule has 1 aliphatic heterocycles. The molecule has 1 atom stereocenters. The van der Waals surface area contributed by atoms with Crippen LogP contribution in [0.2, 0.25) is 0 Å². The van der Waals surface area contributed by atoms with Crippen LogP contribution in [0.15, 0.2) is 22.6 Å². The Morgan fingerprint density at radius 1 is 1.32 bits per heavy atom. The van der Waals surface area contributed by atoms with Gasteiger partial charge in [0.05, 0.1) is 0 Å². The Kier molecular flexibility index (Phi) is 4.21. The zero-order valence-corrected chi connectivity index (χ0v) is 13.6. The predicted molar refractivity (Wildman–Crippen MR) is 88.3 cm³/mol. The summed E-state index contributed by atoms with van der Waals surface area (Å²) in [4.78, 5) is 14.8. The molecule has 118 valence electrons. The fourth-order valence-electron chi connectivity index (χ4n) is 3.15. The summed E-state index contributed by atoms with van der Waals surface area (Å²) in [5.74, 6) is 0.474. The maximum Gasteiger partial charge on any atom is 0.289 e. The lowest BCUT2D eigenvalue weighted by atomic mass is 10.1. The molecule has 1 fully saturated rings. The van der Waals surface area contributed by atoms with Crippen molar-refractivity contribution in [2.45, 2.75) is 39.7 Å². The highest BCUT2D eigenvalue weighted by molar-refractivity contribution is 5.96. The molecule has 1 amide bonds. The third kappa shape index (κ3) is 2.75. The summed E-state index contributed by atoms with van der Waals surface area (Å²) in [5, 5.41) is 4.34. The zero-order chi connectivity index (χ0) is 15.7. The number of carbonyl (C=O) groups excluding carboxylic acids is 1. The molecule has 4 heteroatoms. The van der Waals surface area contributed by atoms with E-state index in [0.717, 1.165) is 43.4 Å². The van der Waals surface area contributed by atoms with Gasteiger partial charge in [0.1, 0.15) is 5.58 Å². The maximum atomic E-state index is 12.9. The van der Waals surface area contributed by atoms with E-state index in [9.17, 15) is 4.79 Å². The molecule has 3 rings (SSSR count). The van der Waals surface area contributed by atoms with Gasteiger partial charge in [-0.15, -0.1) is 0 Å². The average molecular weight is 300 g/mol. The lowest BCUT2D eigenvalue weighted by Gasteiger charge is -2.27. The van der Waals surface area contributed by atoms with Crippen molar-refractivity contribution in [3.8, 4) is 0 Å². The van der Waals surface area contributed by atoms with Crippen molar-refractivity contribution in [1.82, 2.24) is 10.2 Å². The fraction of sp³-hybridized carbons (Fsp3) is 0.500. The van der Waals surface area contributed by atoms with Gasteiger partial charge >= 0.3 is 0 Å². The van der Waals surface area contributed by atoms with Crippen LogP contribution in [0.3, 0.4) is 0 Å². The van der Waals surface area contributed by atoms with Crippen molar-refractivity contribution in [2.75, 3.05) is 19.6 Å². The van der Waals surface area contributed by atoms with E-state index in [1.165, 1.54) is 11.1 Å². The monoisotopic (exact) mass is 300 g/mol. The number of fused-ring (bicyclic) bond motifs is 1. The first-order chi connectivity index (χ1) is 10.6. The quantitative estimate of drug-likeness (QED) is 0.942. The third-order valence-corrected chi connectivity index (χ3v) is 4.54. The number of hydrogen-bond donors (Lipinski definition) is 1. The second kappa shape index (κ2) is 6.13. The highest BCUT2D eigenvalue weighted by Gasteiger charge is 2.28. The molecule has 0 saturated carbocycles. The molecule has 2 heterocycles. The van der Waals surface area contributed by atoms with E-state index in [4.69, 9.17) is 4.42 Å². The summed E-state index contributed by atoms with van der Waals surface area (Å²) < 4.78 is 5.84. The molecular weight excluding hydrogens is 276 g/mol. The SMILES string of the molecule is CCCN(C(=O)c1cc2cc(C)c(C)cc2o1)C1CCNC1. The molecule has 0 aliphatic carbocycles. The van der Waals surface area contributed by atoms with Crippen molar-refractivity contribution in [3.05, 3.63) is 35.1 Å². The second-order valence-electron chi connectivity index (χ2n) is 6.23. The average Bonchev–Trinajstić information content (AvgIpc) is 3.14. The van der Waals surface area contributed by atoms with Crippen molar-refractivity contribution in [2.24, 2.45) is 0 Å². The van der Waals surface area contributed by atoms with Gasteiger partial charge in [0.25, 0.3) is 5.91 Å². The smallest absolute Gasteiger partial charge is 0.289 e. The van der Waals surface area contributed by atoms with Crippen molar-refractivity contribution in [1.29, 1.82) is 0 Å². The molecule has 1 saturated heterocycles. The third-order valence-electron chi connectivity index (χ3n) is 4.54. The lowest BCUT2D eigenvalue weighted by molar-refractivity contribution is 0.0662. The Hall–Kier alpha value is -1.81. The minimum Gasteiger partial charge on any atom is -0.451 e. The fourth-order valence-corrected chi connectivity index (χ4v) is 3.15. The predicted octanol–water partition coefficient (Wildman–Crippen LogP) is 3.26. The van der Waals surface area contributed by atoms with E-state index < -0.39 is 0 Å². The Balaban J connectivity index is 1.92. The van der Waals surface area contributed by atoms with Gasteiger partial charge in [-0.25, -0.2) is 0 Å². The van der Waals surface area contributed by atoms with Gasteiger partial charge in [-0.1, -0.05) is 6.92 Å². The molecule has 22 heavy (non-hydrogen) atoms. The number of furan rings is 1. The Labute approximate surface area is 131 Å². The Morgan fingerprint density at radius 2 is 2.09 bits per heavy atom. The van der Waals surface area contributed by atoms with E-state index in [1.807, 2.05) is 17.0 Å². The van der Waals surface area contributed by atoms with Crippen LogP contribution in [0, 0.1) is 13.8 Å². The van der Waals surface area contributed by atoms with Crippen molar-refractivity contribution < 1.29 is 9.21 Å². The molecule has 1 aliphatic rings. The van der Waals surface area contributed by atoms with Gasteiger partial charge in [-0.05, 0) is 62.6 Å². The van der Waals surface area contributed by atoms with Gasteiger partial charge < -0.3 is 14.6 Å². The number of amides is 1. The second-order valence-corrected chi connectivity index (χ2v) is 6.23. The summed E-state index contributed by atoms with van der Waals surface area (Å²) in [6, 6.07) is 6.27. The lowest BCUT2D eigenvalue weighted by Crippen LogP contribution is -2.41. The van der Waals surface area contributed by atoms with Crippen LogP contribution in [0.25, 0.3) is 11.0 Å². The minimum absolute atomic E-state index is 0.0158. The summed E-state index contributed by atoms with van der Waals surface area (Å²) in [5.41, 5.74) is 3.21. The Morgan fingerprint density at radius 3 is 2.77 bits per heavy atom. The molecule has 0 radical (unpaired) electrons. The molecular formula is C18H24N2O2. The highest BCUT2D eigenvalue weighted by atomic mass is 16.3. The summed E-state index contributed by atoms with van der Waals surface area (Å²) in [6.45, 7) is 8.89. The first-order valence-corrected chi connectivity index (χ1v) is 8.12. The van der Waals surface area contributed by atoms with Gasteiger partial charge in [0.2, 0.25) is 0 Å². The number of hydrogen-bond acceptors (Lipinski definition) is 3. The van der Waals surface area contributed by atoms with E-state index in [-0.39, 0.29) is 11.9 Å². The van der Waals surface area contributed by atoms with Gasteiger partial charge in [-0.2, -0.15) is 0 Å². The topological polar surface area (TPSA) is 45.5 Å². The first-order valence-electron chi connectivity index (χ1n) is 8.12. The normalized spacial score (nSPS) is 18.0. The van der Waals surface area contributed by atoms with Gasteiger partial charge in [0, 0.05) is 24.5 Å². The van der Waals surface area contributed by atoms with Gasteiger partial charge in [-0.3, -0.25) is 4.79 Å². The van der Waals surface area contributed by atoms with Crippen LogP contribution in [0.4, 0.5) is 0 Å². The molecule has 0 spiro atoms. The maximum absolute atomic E-state index is 12.9. The van der Waals surface area contributed by atoms with Gasteiger partial charge in [0.15, 0.2) is 5.76 Å². The number of carbonyl (C=O) groups is 1. The number of nitrogens with one attached hydrogen (secondary N) is 1. The van der Waals surface area contributed by atoms with Crippen LogP contribution in [-0.4, -0.2) is 36.5 Å². The Bertz CT molecular complexity index is 645. The van der Waals surface area contributed by atoms with Crippen LogP contribution in [-0.2, 0) is 0 Å². The number of benzene rings is 1.